The van der Waals surface area contributed by atoms with Crippen LogP contribution in [0.25, 0.3) is 6.08 Å². The number of nitrogens with zero attached hydrogens (tertiary/aromatic N) is 2. The molecule has 0 radical (unpaired) electrons. The summed E-state index contributed by atoms with van der Waals surface area (Å²) in [7, 11) is 5.76. The van der Waals surface area contributed by atoms with Crippen molar-refractivity contribution in [2.45, 2.75) is 13.8 Å². The van der Waals surface area contributed by atoms with Crippen molar-refractivity contribution < 1.29 is 38.1 Å². The Morgan fingerprint density at radius 1 is 0.765 bits per heavy atom. The standard InChI is InChI=1S/C38H39ClN4O8/c1-7-43(8-2)27-16-13-24(14-17-27)19-30(41-36(44)28-11-9-10-12-29(28)39)37(45)42-40-23-25-15-18-31(32(20-25)47-3)51-38(46)26-21-33(48-4)35(50-6)34(22-26)49-5/h9-23H,7-8H2,1-6H3,(H,41,44)(H,42,45)/b30-19+,40-23+. The molecule has 0 saturated heterocycles. The van der Waals surface area contributed by atoms with Gasteiger partial charge in [-0.15, -0.1) is 0 Å². The van der Waals surface area contributed by atoms with Crippen LogP contribution in [-0.4, -0.2) is 65.5 Å². The molecule has 0 atom stereocenters. The Bertz CT molecular complexity index is 1900. The SMILES string of the molecule is CCN(CC)c1ccc(/C=C(/NC(=O)c2ccccc2Cl)C(=O)N/N=C/c2ccc(OC(=O)c3cc(OC)c(OC)c(OC)c3)c(OC)c2)cc1. The lowest BCUT2D eigenvalue weighted by molar-refractivity contribution is -0.117. The lowest BCUT2D eigenvalue weighted by atomic mass is 10.1. The summed E-state index contributed by atoms with van der Waals surface area (Å²) in [6, 6.07) is 21.8. The minimum Gasteiger partial charge on any atom is -0.493 e. The van der Waals surface area contributed by atoms with Crippen molar-refractivity contribution >= 4 is 47.4 Å². The van der Waals surface area contributed by atoms with Crippen molar-refractivity contribution in [2.75, 3.05) is 46.4 Å². The van der Waals surface area contributed by atoms with Gasteiger partial charge in [0, 0.05) is 18.8 Å². The molecule has 266 valence electrons. The van der Waals surface area contributed by atoms with Crippen molar-refractivity contribution in [1.82, 2.24) is 10.7 Å². The maximum atomic E-state index is 13.4. The van der Waals surface area contributed by atoms with Crippen molar-refractivity contribution in [3.05, 3.63) is 112 Å². The highest BCUT2D eigenvalue weighted by molar-refractivity contribution is 6.34. The topological polar surface area (TPSA) is 137 Å². The fraction of sp³-hybridized carbons (Fsp3) is 0.211. The Hall–Kier alpha value is -6.01. The van der Waals surface area contributed by atoms with Gasteiger partial charge in [-0.25, -0.2) is 10.2 Å². The minimum atomic E-state index is -0.693. The Kier molecular flexibility index (Phi) is 13.4. The van der Waals surface area contributed by atoms with E-state index in [1.54, 1.807) is 42.5 Å². The van der Waals surface area contributed by atoms with Crippen molar-refractivity contribution in [1.29, 1.82) is 0 Å². The molecule has 0 heterocycles. The largest absolute Gasteiger partial charge is 0.493 e. The number of carbonyl (C=O) groups is 3. The number of anilines is 1. The smallest absolute Gasteiger partial charge is 0.343 e. The van der Waals surface area contributed by atoms with Crippen LogP contribution in [0.4, 0.5) is 5.69 Å². The number of hydrogen-bond acceptors (Lipinski definition) is 10. The molecular weight excluding hydrogens is 676 g/mol. The molecule has 4 aromatic rings. The summed E-state index contributed by atoms with van der Waals surface area (Å²) in [6.07, 6.45) is 2.92. The first-order valence-corrected chi connectivity index (χ1v) is 16.2. The van der Waals surface area contributed by atoms with Crippen molar-refractivity contribution in [2.24, 2.45) is 5.10 Å². The fourth-order valence-corrected chi connectivity index (χ4v) is 5.18. The van der Waals surface area contributed by atoms with Crippen LogP contribution in [0.2, 0.25) is 5.02 Å². The number of rotatable bonds is 15. The van der Waals surface area contributed by atoms with Gasteiger partial charge in [-0.1, -0.05) is 35.9 Å². The van der Waals surface area contributed by atoms with E-state index in [1.807, 2.05) is 24.3 Å². The van der Waals surface area contributed by atoms with Gasteiger partial charge in [0.25, 0.3) is 11.8 Å². The molecule has 0 bridgehead atoms. The minimum absolute atomic E-state index is 0.0562. The first-order chi connectivity index (χ1) is 24.6. The molecule has 0 aliphatic rings. The predicted octanol–water partition coefficient (Wildman–Crippen LogP) is 6.36. The summed E-state index contributed by atoms with van der Waals surface area (Å²) in [5, 5.41) is 6.97. The highest BCUT2D eigenvalue weighted by Crippen LogP contribution is 2.39. The second kappa shape index (κ2) is 18.1. The van der Waals surface area contributed by atoms with Gasteiger partial charge in [0.05, 0.1) is 50.8 Å². The normalized spacial score (nSPS) is 11.1. The average Bonchev–Trinajstić information content (AvgIpc) is 3.15. The van der Waals surface area contributed by atoms with Gasteiger partial charge in [-0.3, -0.25) is 9.59 Å². The van der Waals surface area contributed by atoms with Crippen LogP contribution in [0.3, 0.4) is 0 Å². The van der Waals surface area contributed by atoms with Gasteiger partial charge < -0.3 is 33.9 Å². The van der Waals surface area contributed by atoms with Crippen LogP contribution in [0, 0.1) is 0 Å². The van der Waals surface area contributed by atoms with Gasteiger partial charge in [0.2, 0.25) is 5.75 Å². The van der Waals surface area contributed by atoms with E-state index >= 15 is 0 Å². The zero-order chi connectivity index (χ0) is 36.9. The number of carbonyl (C=O) groups excluding carboxylic acids is 3. The van der Waals surface area contributed by atoms with E-state index in [9.17, 15) is 14.4 Å². The van der Waals surface area contributed by atoms with E-state index in [4.69, 9.17) is 35.3 Å². The summed E-state index contributed by atoms with van der Waals surface area (Å²) >= 11 is 6.24. The maximum absolute atomic E-state index is 13.4. The quantitative estimate of drug-likeness (QED) is 0.0474. The van der Waals surface area contributed by atoms with Gasteiger partial charge >= 0.3 is 5.97 Å². The number of hydrazone groups is 1. The summed E-state index contributed by atoms with van der Waals surface area (Å²) < 4.78 is 27.0. The molecule has 0 aromatic heterocycles. The summed E-state index contributed by atoms with van der Waals surface area (Å²) in [4.78, 5) is 41.7. The molecule has 0 aliphatic carbocycles. The summed E-state index contributed by atoms with van der Waals surface area (Å²) in [5.41, 5.74) is 4.99. The second-order valence-corrected chi connectivity index (χ2v) is 11.1. The van der Waals surface area contributed by atoms with Gasteiger partial charge in [-0.2, -0.15) is 5.10 Å². The molecule has 51 heavy (non-hydrogen) atoms. The van der Waals surface area contributed by atoms with Crippen LogP contribution in [0.15, 0.2) is 89.7 Å². The van der Waals surface area contributed by atoms with Crippen LogP contribution < -0.4 is 39.3 Å². The van der Waals surface area contributed by atoms with Gasteiger partial charge in [-0.05, 0) is 85.6 Å². The first-order valence-electron chi connectivity index (χ1n) is 15.8. The molecule has 2 N–H and O–H groups in total. The third-order valence-corrected chi connectivity index (χ3v) is 7.94. The summed E-state index contributed by atoms with van der Waals surface area (Å²) in [5.74, 6) is -0.654. The monoisotopic (exact) mass is 714 g/mol. The van der Waals surface area contributed by atoms with E-state index in [1.165, 1.54) is 52.9 Å². The molecular formula is C38H39ClN4O8. The lowest BCUT2D eigenvalue weighted by Crippen LogP contribution is -2.33. The highest BCUT2D eigenvalue weighted by atomic mass is 35.5. The second-order valence-electron chi connectivity index (χ2n) is 10.7. The van der Waals surface area contributed by atoms with Crippen LogP contribution in [0.5, 0.6) is 28.7 Å². The molecule has 0 unspecified atom stereocenters. The number of hydrogen-bond donors (Lipinski definition) is 2. The Morgan fingerprint density at radius 2 is 1.39 bits per heavy atom. The number of nitrogens with one attached hydrogen (secondary N) is 2. The van der Waals surface area contributed by atoms with Crippen LogP contribution in [0.1, 0.15) is 45.7 Å². The molecule has 4 aromatic carbocycles. The van der Waals surface area contributed by atoms with E-state index < -0.39 is 17.8 Å². The number of halogens is 1. The molecule has 0 spiro atoms. The first kappa shape index (κ1) is 37.8. The van der Waals surface area contributed by atoms with E-state index in [0.717, 1.165) is 18.8 Å². The summed E-state index contributed by atoms with van der Waals surface area (Å²) in [6.45, 7) is 5.84. The molecule has 0 aliphatic heterocycles. The van der Waals surface area contributed by atoms with E-state index in [0.29, 0.717) is 28.4 Å². The zero-order valence-corrected chi connectivity index (χ0v) is 29.9. The molecule has 13 heteroatoms. The predicted molar refractivity (Wildman–Crippen MR) is 197 cm³/mol. The highest BCUT2D eigenvalue weighted by Gasteiger charge is 2.20. The van der Waals surface area contributed by atoms with Crippen LogP contribution in [-0.2, 0) is 4.79 Å². The Labute approximate surface area is 301 Å². The van der Waals surface area contributed by atoms with E-state index in [-0.39, 0.29) is 33.3 Å². The van der Waals surface area contributed by atoms with Crippen molar-refractivity contribution in [3.63, 3.8) is 0 Å². The number of ether oxygens (including phenoxy) is 5. The molecule has 0 saturated carbocycles. The maximum Gasteiger partial charge on any atom is 0.343 e. The van der Waals surface area contributed by atoms with Crippen LogP contribution >= 0.6 is 11.6 Å². The third-order valence-electron chi connectivity index (χ3n) is 7.61. The number of methoxy groups -OCH3 is 4. The Balaban J connectivity index is 1.53. The molecule has 0 fully saturated rings. The fourth-order valence-electron chi connectivity index (χ4n) is 4.96. The number of esters is 1. The van der Waals surface area contributed by atoms with E-state index in [2.05, 4.69) is 34.6 Å². The average molecular weight is 715 g/mol. The lowest BCUT2D eigenvalue weighted by Gasteiger charge is -2.21. The van der Waals surface area contributed by atoms with Gasteiger partial charge in [0.15, 0.2) is 23.0 Å². The Morgan fingerprint density at radius 3 is 1.98 bits per heavy atom. The molecule has 4 rings (SSSR count). The van der Waals surface area contributed by atoms with Crippen molar-refractivity contribution in [3.8, 4) is 28.7 Å². The van der Waals surface area contributed by atoms with Gasteiger partial charge in [0.1, 0.15) is 5.70 Å². The number of benzene rings is 4. The third kappa shape index (κ3) is 9.58. The number of amides is 2. The molecule has 2 amide bonds. The zero-order valence-electron chi connectivity index (χ0n) is 29.1. The molecule has 12 nitrogen and oxygen atoms in total.